The quantitative estimate of drug-likeness (QED) is 0.314. The van der Waals surface area contributed by atoms with E-state index in [9.17, 15) is 22.9 Å². The number of carbonyl (C=O) groups is 1. The molecule has 1 saturated heterocycles. The molecule has 8 nitrogen and oxygen atoms in total. The third-order valence-corrected chi connectivity index (χ3v) is 9.00. The standard InChI is InChI=1S/C28H23F2N5O3S/c29-22-7-8-23(34-39(37,38)35-11-1-2-12-35)25(30)24(22)26(36)21-15-33-27-20(21)13-18(14-32-27)17-3-5-19(6-4-17)28(16-31)9-10-28/h3-8,13-15,34H,1-2,9-12H2,(H,32,33). The second-order valence-corrected chi connectivity index (χ2v) is 11.6. The number of nitrogens with one attached hydrogen (secondary N) is 2. The average Bonchev–Trinajstić information content (AvgIpc) is 3.32. The van der Waals surface area contributed by atoms with Gasteiger partial charge in [-0.15, -0.1) is 0 Å². The molecule has 198 valence electrons. The van der Waals surface area contributed by atoms with Gasteiger partial charge in [-0.1, -0.05) is 24.3 Å². The van der Waals surface area contributed by atoms with Gasteiger partial charge in [-0.25, -0.2) is 13.8 Å². The van der Waals surface area contributed by atoms with Gasteiger partial charge in [0.2, 0.25) is 5.78 Å². The van der Waals surface area contributed by atoms with Crippen molar-refractivity contribution in [2.24, 2.45) is 0 Å². The van der Waals surface area contributed by atoms with Crippen molar-refractivity contribution in [3.8, 4) is 17.2 Å². The molecule has 0 spiro atoms. The van der Waals surface area contributed by atoms with Crippen LogP contribution in [0, 0.1) is 23.0 Å². The zero-order valence-corrected chi connectivity index (χ0v) is 21.5. The van der Waals surface area contributed by atoms with Crippen LogP contribution >= 0.6 is 0 Å². The second-order valence-electron chi connectivity index (χ2n) is 9.92. The Balaban J connectivity index is 1.34. The molecule has 3 heterocycles. The minimum Gasteiger partial charge on any atom is -0.345 e. The number of fused-ring (bicyclic) bond motifs is 1. The first-order valence-corrected chi connectivity index (χ1v) is 14.0. The topological polar surface area (TPSA) is 119 Å². The molecule has 2 aliphatic rings. The van der Waals surface area contributed by atoms with E-state index >= 15 is 4.39 Å². The molecule has 0 amide bonds. The maximum absolute atomic E-state index is 15.5. The van der Waals surface area contributed by atoms with E-state index in [1.807, 2.05) is 24.3 Å². The largest absolute Gasteiger partial charge is 0.345 e. The first-order chi connectivity index (χ1) is 18.7. The van der Waals surface area contributed by atoms with Gasteiger partial charge in [0.1, 0.15) is 11.5 Å². The number of halogens is 2. The van der Waals surface area contributed by atoms with Gasteiger partial charge in [-0.2, -0.15) is 18.0 Å². The van der Waals surface area contributed by atoms with Crippen LogP contribution in [0.3, 0.4) is 0 Å². The molecule has 0 bridgehead atoms. The Morgan fingerprint density at radius 1 is 1.08 bits per heavy atom. The van der Waals surface area contributed by atoms with Gasteiger partial charge in [0, 0.05) is 42.0 Å². The molecule has 1 saturated carbocycles. The zero-order chi connectivity index (χ0) is 27.4. The summed E-state index contributed by atoms with van der Waals surface area (Å²) in [7, 11) is -4.05. The molecule has 2 fully saturated rings. The summed E-state index contributed by atoms with van der Waals surface area (Å²) in [5.41, 5.74) is 1.00. The Morgan fingerprint density at radius 2 is 1.79 bits per heavy atom. The van der Waals surface area contributed by atoms with Crippen molar-refractivity contribution >= 4 is 32.7 Å². The number of carbonyl (C=O) groups excluding carboxylic acids is 1. The number of nitrogens with zero attached hydrogens (tertiary/aromatic N) is 3. The van der Waals surface area contributed by atoms with Crippen molar-refractivity contribution in [2.75, 3.05) is 17.8 Å². The number of benzene rings is 2. The molecule has 1 aliphatic carbocycles. The fourth-order valence-electron chi connectivity index (χ4n) is 5.03. The second kappa shape index (κ2) is 9.25. The lowest BCUT2D eigenvalue weighted by Crippen LogP contribution is -2.33. The smallest absolute Gasteiger partial charge is 0.301 e. The van der Waals surface area contributed by atoms with Crippen LogP contribution in [0.2, 0.25) is 0 Å². The van der Waals surface area contributed by atoms with Crippen LogP contribution in [-0.2, 0) is 15.6 Å². The van der Waals surface area contributed by atoms with Crippen molar-refractivity contribution in [1.82, 2.24) is 14.3 Å². The van der Waals surface area contributed by atoms with Crippen LogP contribution in [0.4, 0.5) is 14.5 Å². The first-order valence-electron chi connectivity index (χ1n) is 12.5. The van der Waals surface area contributed by atoms with Crippen molar-refractivity contribution in [1.29, 1.82) is 5.26 Å². The van der Waals surface area contributed by atoms with Crippen LogP contribution in [0.5, 0.6) is 0 Å². The number of pyridine rings is 1. The number of hydrogen-bond donors (Lipinski definition) is 2. The number of nitriles is 1. The summed E-state index contributed by atoms with van der Waals surface area (Å²) in [5, 5.41) is 9.80. The normalized spacial score (nSPS) is 16.7. The lowest BCUT2D eigenvalue weighted by Gasteiger charge is -2.18. The van der Waals surface area contributed by atoms with Gasteiger partial charge in [0.25, 0.3) is 0 Å². The van der Waals surface area contributed by atoms with Crippen molar-refractivity contribution in [2.45, 2.75) is 31.1 Å². The Morgan fingerprint density at radius 3 is 2.46 bits per heavy atom. The molecule has 4 aromatic rings. The average molecular weight is 548 g/mol. The lowest BCUT2D eigenvalue weighted by atomic mass is 9.95. The van der Waals surface area contributed by atoms with Gasteiger partial charge in [-0.3, -0.25) is 9.52 Å². The molecular weight excluding hydrogens is 524 g/mol. The minimum atomic E-state index is -4.05. The predicted molar refractivity (Wildman–Crippen MR) is 141 cm³/mol. The Bertz CT molecular complexity index is 1770. The fraction of sp³-hybridized carbons (Fsp3) is 0.250. The number of ketones is 1. The van der Waals surface area contributed by atoms with Crippen molar-refractivity contribution in [3.05, 3.63) is 83.2 Å². The molecule has 11 heteroatoms. The summed E-state index contributed by atoms with van der Waals surface area (Å²) < 4.78 is 58.9. The summed E-state index contributed by atoms with van der Waals surface area (Å²) in [5.74, 6) is -3.34. The van der Waals surface area contributed by atoms with Crippen molar-refractivity contribution < 1.29 is 22.0 Å². The molecule has 6 rings (SSSR count). The Kier molecular flexibility index (Phi) is 5.97. The first kappa shape index (κ1) is 25.2. The molecule has 2 aromatic heterocycles. The number of rotatable bonds is 7. The maximum atomic E-state index is 15.5. The van der Waals surface area contributed by atoms with Gasteiger partial charge in [-0.05, 0) is 55.0 Å². The molecule has 2 aromatic carbocycles. The summed E-state index contributed by atoms with van der Waals surface area (Å²) in [6, 6.07) is 13.5. The Hall–Kier alpha value is -4.14. The molecule has 0 unspecified atom stereocenters. The maximum Gasteiger partial charge on any atom is 0.301 e. The lowest BCUT2D eigenvalue weighted by molar-refractivity contribution is 0.103. The number of hydrogen-bond acceptors (Lipinski definition) is 5. The summed E-state index contributed by atoms with van der Waals surface area (Å²) in [6.07, 6.45) is 6.00. The van der Waals surface area contributed by atoms with Gasteiger partial charge < -0.3 is 4.98 Å². The fourth-order valence-corrected chi connectivity index (χ4v) is 6.33. The molecule has 1 aliphatic heterocycles. The van der Waals surface area contributed by atoms with Crippen LogP contribution in [0.15, 0.2) is 54.9 Å². The zero-order valence-electron chi connectivity index (χ0n) is 20.7. The highest BCUT2D eigenvalue weighted by molar-refractivity contribution is 7.90. The van der Waals surface area contributed by atoms with Gasteiger partial charge in [0.05, 0.1) is 22.7 Å². The SMILES string of the molecule is N#CC1(c2ccc(-c3cnc4[nH]cc(C(=O)c5c(F)ccc(NS(=O)(=O)N6CCCC6)c5F)c4c3)cc2)CC1. The molecular formula is C28H23F2N5O3S. The van der Waals surface area contributed by atoms with Gasteiger partial charge in [0.15, 0.2) is 5.82 Å². The Labute approximate surface area is 223 Å². The van der Waals surface area contributed by atoms with Crippen LogP contribution in [0.25, 0.3) is 22.2 Å². The van der Waals surface area contributed by atoms with E-state index in [-0.39, 0.29) is 5.56 Å². The predicted octanol–water partition coefficient (Wildman–Crippen LogP) is 5.05. The highest BCUT2D eigenvalue weighted by Gasteiger charge is 2.44. The molecule has 39 heavy (non-hydrogen) atoms. The number of aromatic nitrogens is 2. The van der Waals surface area contributed by atoms with E-state index in [0.29, 0.717) is 42.5 Å². The highest BCUT2D eigenvalue weighted by atomic mass is 32.2. The molecule has 0 atom stereocenters. The number of aromatic amines is 1. The van der Waals surface area contributed by atoms with E-state index in [1.54, 1.807) is 12.3 Å². The van der Waals surface area contributed by atoms with Crippen molar-refractivity contribution in [3.63, 3.8) is 0 Å². The summed E-state index contributed by atoms with van der Waals surface area (Å²) in [4.78, 5) is 20.7. The van der Waals surface area contributed by atoms with Crippen LogP contribution < -0.4 is 4.72 Å². The number of anilines is 1. The summed E-state index contributed by atoms with van der Waals surface area (Å²) in [6.45, 7) is 0.604. The monoisotopic (exact) mass is 547 g/mol. The van der Waals surface area contributed by atoms with Crippen LogP contribution in [0.1, 0.15) is 47.2 Å². The molecule has 2 N–H and O–H groups in total. The van der Waals surface area contributed by atoms with E-state index < -0.39 is 44.3 Å². The van der Waals surface area contributed by atoms with E-state index in [0.717, 1.165) is 36.1 Å². The third-order valence-electron chi connectivity index (χ3n) is 7.47. The third kappa shape index (κ3) is 4.35. The van der Waals surface area contributed by atoms with Gasteiger partial charge >= 0.3 is 10.2 Å². The highest BCUT2D eigenvalue weighted by Crippen LogP contribution is 2.47. The van der Waals surface area contributed by atoms with Crippen LogP contribution in [-0.4, -0.2) is 41.6 Å². The molecule has 0 radical (unpaired) electrons. The van der Waals surface area contributed by atoms with E-state index in [1.165, 1.54) is 10.5 Å². The van der Waals surface area contributed by atoms with E-state index in [2.05, 4.69) is 20.8 Å². The number of H-pyrrole nitrogens is 1. The minimum absolute atomic E-state index is 0.00488. The van der Waals surface area contributed by atoms with E-state index in [4.69, 9.17) is 0 Å². The summed E-state index contributed by atoms with van der Waals surface area (Å²) >= 11 is 0.